The lowest BCUT2D eigenvalue weighted by Crippen LogP contribution is -1.90. The van der Waals surface area contributed by atoms with Crippen molar-refractivity contribution in [1.29, 1.82) is 0 Å². The zero-order valence-corrected chi connectivity index (χ0v) is 11.4. The van der Waals surface area contributed by atoms with Crippen LogP contribution in [0.1, 0.15) is 24.5 Å². The Morgan fingerprint density at radius 2 is 1.94 bits per heavy atom. The van der Waals surface area contributed by atoms with Crippen molar-refractivity contribution >= 4 is 11.6 Å². The highest BCUT2D eigenvalue weighted by Crippen LogP contribution is 2.26. The zero-order valence-electron chi connectivity index (χ0n) is 10.6. The number of hydrogen-bond donors (Lipinski definition) is 0. The summed E-state index contributed by atoms with van der Waals surface area (Å²) in [6.45, 7) is 4.12. The van der Waals surface area contributed by atoms with Crippen LogP contribution in [-0.2, 0) is 6.42 Å². The first-order valence-corrected chi connectivity index (χ1v) is 6.46. The van der Waals surface area contributed by atoms with Gasteiger partial charge in [0.1, 0.15) is 16.7 Å². The van der Waals surface area contributed by atoms with Gasteiger partial charge in [0.25, 0.3) is 0 Å². The first kappa shape index (κ1) is 12.9. The molecule has 18 heavy (non-hydrogen) atoms. The molecule has 0 saturated heterocycles. The Balaban J connectivity index is 2.15. The normalized spacial score (nSPS) is 10.4. The quantitative estimate of drug-likeness (QED) is 0.739. The van der Waals surface area contributed by atoms with E-state index in [-0.39, 0.29) is 0 Å². The third-order valence-electron chi connectivity index (χ3n) is 2.71. The molecule has 1 aromatic heterocycles. The summed E-state index contributed by atoms with van der Waals surface area (Å²) in [5.74, 6) is 1.57. The molecule has 0 aliphatic rings. The van der Waals surface area contributed by atoms with E-state index in [1.165, 1.54) is 5.56 Å². The van der Waals surface area contributed by atoms with Crippen LogP contribution in [0, 0.1) is 6.92 Å². The van der Waals surface area contributed by atoms with Crippen molar-refractivity contribution < 1.29 is 4.74 Å². The lowest BCUT2D eigenvalue weighted by molar-refractivity contribution is 0.478. The molecule has 0 unspecified atom stereocenters. The molecule has 2 rings (SSSR count). The maximum atomic E-state index is 5.86. The van der Waals surface area contributed by atoms with E-state index >= 15 is 0 Å². The third-order valence-corrected chi connectivity index (χ3v) is 2.92. The molecular weight excluding hydrogens is 246 g/mol. The van der Waals surface area contributed by atoms with Crippen LogP contribution in [0.2, 0.25) is 5.15 Å². The molecule has 3 heteroatoms. The molecule has 0 atom stereocenters. The van der Waals surface area contributed by atoms with Crippen molar-refractivity contribution in [3.8, 4) is 11.5 Å². The van der Waals surface area contributed by atoms with Gasteiger partial charge in [0, 0.05) is 17.8 Å². The van der Waals surface area contributed by atoms with Gasteiger partial charge in [-0.25, -0.2) is 4.98 Å². The van der Waals surface area contributed by atoms with Crippen molar-refractivity contribution in [3.05, 3.63) is 52.8 Å². The zero-order chi connectivity index (χ0) is 13.0. The fourth-order valence-corrected chi connectivity index (χ4v) is 1.88. The standard InChI is InChI=1S/C15H16ClNO/c1-3-4-12-5-7-13(8-6-12)18-14-9-15(16)17-10-11(14)2/h5-10H,3-4H2,1-2H3. The molecule has 1 aromatic carbocycles. The van der Waals surface area contributed by atoms with Gasteiger partial charge in [-0.3, -0.25) is 0 Å². The first-order valence-electron chi connectivity index (χ1n) is 6.08. The lowest BCUT2D eigenvalue weighted by Gasteiger charge is -2.09. The molecule has 0 amide bonds. The Hall–Kier alpha value is -1.54. The van der Waals surface area contributed by atoms with Crippen molar-refractivity contribution in [3.63, 3.8) is 0 Å². The molecule has 0 aliphatic heterocycles. The van der Waals surface area contributed by atoms with E-state index in [9.17, 15) is 0 Å². The summed E-state index contributed by atoms with van der Waals surface area (Å²) in [5, 5.41) is 0.443. The van der Waals surface area contributed by atoms with Crippen molar-refractivity contribution in [2.75, 3.05) is 0 Å². The minimum atomic E-state index is 0.443. The number of aryl methyl sites for hydroxylation is 2. The van der Waals surface area contributed by atoms with Gasteiger partial charge in [-0.1, -0.05) is 37.1 Å². The monoisotopic (exact) mass is 261 g/mol. The average molecular weight is 262 g/mol. The van der Waals surface area contributed by atoms with E-state index in [1.807, 2.05) is 19.1 Å². The molecule has 0 aliphatic carbocycles. The molecule has 0 fully saturated rings. The summed E-state index contributed by atoms with van der Waals surface area (Å²) in [4.78, 5) is 4.00. The van der Waals surface area contributed by atoms with Gasteiger partial charge in [-0.15, -0.1) is 0 Å². The molecule has 0 spiro atoms. The molecule has 2 nitrogen and oxygen atoms in total. The van der Waals surface area contributed by atoms with E-state index in [4.69, 9.17) is 16.3 Å². The minimum absolute atomic E-state index is 0.443. The van der Waals surface area contributed by atoms with Crippen molar-refractivity contribution in [2.45, 2.75) is 26.7 Å². The number of hydrogen-bond acceptors (Lipinski definition) is 2. The lowest BCUT2D eigenvalue weighted by atomic mass is 10.1. The SMILES string of the molecule is CCCc1ccc(Oc2cc(Cl)ncc2C)cc1. The number of ether oxygens (including phenoxy) is 1. The van der Waals surface area contributed by atoms with E-state index < -0.39 is 0 Å². The summed E-state index contributed by atoms with van der Waals surface area (Å²) in [5.41, 5.74) is 2.30. The van der Waals surface area contributed by atoms with E-state index in [2.05, 4.69) is 24.0 Å². The van der Waals surface area contributed by atoms with Crippen LogP contribution in [0.3, 0.4) is 0 Å². The van der Waals surface area contributed by atoms with Crippen LogP contribution in [0.5, 0.6) is 11.5 Å². The number of aromatic nitrogens is 1. The van der Waals surface area contributed by atoms with Crippen LogP contribution in [-0.4, -0.2) is 4.98 Å². The van der Waals surface area contributed by atoms with Gasteiger partial charge in [-0.05, 0) is 31.0 Å². The second-order valence-electron chi connectivity index (χ2n) is 4.27. The Morgan fingerprint density at radius 1 is 1.22 bits per heavy atom. The second kappa shape index (κ2) is 5.87. The highest BCUT2D eigenvalue weighted by molar-refractivity contribution is 6.29. The molecular formula is C15H16ClNO. The highest BCUT2D eigenvalue weighted by Gasteiger charge is 2.03. The first-order chi connectivity index (χ1) is 8.69. The number of halogens is 1. The molecule has 0 bridgehead atoms. The van der Waals surface area contributed by atoms with Gasteiger partial charge in [-0.2, -0.15) is 0 Å². The summed E-state index contributed by atoms with van der Waals surface area (Å²) in [6.07, 6.45) is 3.96. The fraction of sp³-hybridized carbons (Fsp3) is 0.267. The maximum Gasteiger partial charge on any atom is 0.134 e. The van der Waals surface area contributed by atoms with E-state index in [1.54, 1.807) is 12.3 Å². The predicted molar refractivity (Wildman–Crippen MR) is 74.5 cm³/mol. The Morgan fingerprint density at radius 3 is 2.61 bits per heavy atom. The summed E-state index contributed by atoms with van der Waals surface area (Å²) in [6, 6.07) is 9.89. The predicted octanol–water partition coefficient (Wildman–Crippen LogP) is 4.79. The van der Waals surface area contributed by atoms with Crippen molar-refractivity contribution in [1.82, 2.24) is 4.98 Å². The summed E-state index contributed by atoms with van der Waals surface area (Å²) < 4.78 is 5.80. The summed E-state index contributed by atoms with van der Waals surface area (Å²) in [7, 11) is 0. The molecule has 1 heterocycles. The smallest absolute Gasteiger partial charge is 0.134 e. The number of benzene rings is 1. The third kappa shape index (κ3) is 3.23. The fourth-order valence-electron chi connectivity index (χ4n) is 1.73. The van der Waals surface area contributed by atoms with Crippen LogP contribution in [0.15, 0.2) is 36.5 Å². The molecule has 0 saturated carbocycles. The van der Waals surface area contributed by atoms with Crippen LogP contribution in [0.4, 0.5) is 0 Å². The largest absolute Gasteiger partial charge is 0.457 e. The second-order valence-corrected chi connectivity index (χ2v) is 4.66. The number of pyridine rings is 1. The Kier molecular flexibility index (Phi) is 4.21. The van der Waals surface area contributed by atoms with Crippen LogP contribution < -0.4 is 4.74 Å². The summed E-state index contributed by atoms with van der Waals surface area (Å²) >= 11 is 5.86. The van der Waals surface area contributed by atoms with Gasteiger partial charge in [0.2, 0.25) is 0 Å². The van der Waals surface area contributed by atoms with Gasteiger partial charge in [0.15, 0.2) is 0 Å². The van der Waals surface area contributed by atoms with Crippen LogP contribution >= 0.6 is 11.6 Å². The van der Waals surface area contributed by atoms with Gasteiger partial charge in [0.05, 0.1) is 0 Å². The van der Waals surface area contributed by atoms with Crippen molar-refractivity contribution in [2.24, 2.45) is 0 Å². The van der Waals surface area contributed by atoms with Gasteiger partial charge < -0.3 is 4.74 Å². The molecule has 2 aromatic rings. The Labute approximate surface area is 113 Å². The van der Waals surface area contributed by atoms with E-state index in [0.29, 0.717) is 5.15 Å². The maximum absolute atomic E-state index is 5.86. The topological polar surface area (TPSA) is 22.1 Å². The average Bonchev–Trinajstić information content (AvgIpc) is 2.37. The minimum Gasteiger partial charge on any atom is -0.457 e. The van der Waals surface area contributed by atoms with E-state index in [0.717, 1.165) is 29.9 Å². The molecule has 0 radical (unpaired) electrons. The van der Waals surface area contributed by atoms with Gasteiger partial charge >= 0.3 is 0 Å². The molecule has 0 N–H and O–H groups in total. The molecule has 94 valence electrons. The highest BCUT2D eigenvalue weighted by atomic mass is 35.5. The van der Waals surface area contributed by atoms with Crippen LogP contribution in [0.25, 0.3) is 0 Å². The Bertz CT molecular complexity index is 523. The number of rotatable bonds is 4. The number of nitrogens with zero attached hydrogens (tertiary/aromatic N) is 1.